The summed E-state index contributed by atoms with van der Waals surface area (Å²) in [6.07, 6.45) is 1.78. The number of fused-ring (bicyclic) bond motifs is 4. The van der Waals surface area contributed by atoms with Crippen LogP contribution in [0.4, 0.5) is 0 Å². The number of Topliss-reactive ketones (excluding diaryl/α,β-unsaturated/α-hetero) is 1. The molecule has 0 unspecified atom stereocenters. The smallest absolute Gasteiger partial charge is 0.344 e. The number of cyclic esters (lactones) is 1. The molecule has 0 aliphatic carbocycles. The SMILES string of the molecule is CC(C)(C)C(=O)[C@@H]1[C@H](c2ccccc2)[C@]2(N=C(c3ccccc3)OC2=O)[C@H]2c3ccccc3C=NN12. The zero-order valence-corrected chi connectivity index (χ0v) is 20.5. The van der Waals surface area contributed by atoms with Crippen LogP contribution in [0.15, 0.2) is 95.0 Å². The standard InChI is InChI=1S/C30H27N3O3/c1-29(2,3)26(34)24-23(19-12-6-4-7-13-19)30(25-22-17-11-10-16-21(22)18-31-33(24)25)28(35)36-27(32-30)20-14-8-5-9-15-20/h4-18,23-25H,1-3H3/t23-,24-,25+,30-/m0/s1. The van der Waals surface area contributed by atoms with Gasteiger partial charge in [0.1, 0.15) is 12.1 Å². The van der Waals surface area contributed by atoms with E-state index in [1.165, 1.54) is 0 Å². The van der Waals surface area contributed by atoms with Crippen LogP contribution >= 0.6 is 0 Å². The largest absolute Gasteiger partial charge is 0.405 e. The number of hydrogen-bond donors (Lipinski definition) is 0. The molecule has 1 fully saturated rings. The van der Waals surface area contributed by atoms with Crippen LogP contribution < -0.4 is 0 Å². The van der Waals surface area contributed by atoms with Crippen LogP contribution in [0.25, 0.3) is 0 Å². The molecular formula is C30H27N3O3. The lowest BCUT2D eigenvalue weighted by atomic mass is 9.70. The minimum atomic E-state index is -1.38. The van der Waals surface area contributed by atoms with Gasteiger partial charge in [-0.05, 0) is 28.8 Å². The molecule has 0 aromatic heterocycles. The molecule has 3 aliphatic heterocycles. The number of ether oxygens (including phenoxy) is 1. The van der Waals surface area contributed by atoms with Crippen molar-refractivity contribution in [1.29, 1.82) is 0 Å². The number of carbonyl (C=O) groups is 2. The molecule has 6 rings (SSSR count). The van der Waals surface area contributed by atoms with Crippen molar-refractivity contribution in [2.24, 2.45) is 15.5 Å². The highest BCUT2D eigenvalue weighted by atomic mass is 16.6. The van der Waals surface area contributed by atoms with Crippen molar-refractivity contribution in [3.63, 3.8) is 0 Å². The number of hydrogen-bond acceptors (Lipinski definition) is 6. The molecule has 36 heavy (non-hydrogen) atoms. The minimum absolute atomic E-state index is 0.00548. The molecule has 0 saturated carbocycles. The highest BCUT2D eigenvalue weighted by Gasteiger charge is 2.71. The van der Waals surface area contributed by atoms with Gasteiger partial charge in [0.15, 0.2) is 11.3 Å². The Balaban J connectivity index is 1.66. The van der Waals surface area contributed by atoms with E-state index in [0.29, 0.717) is 0 Å². The van der Waals surface area contributed by atoms with E-state index >= 15 is 0 Å². The van der Waals surface area contributed by atoms with E-state index in [2.05, 4.69) is 0 Å². The first-order valence-electron chi connectivity index (χ1n) is 12.2. The predicted octanol–water partition coefficient (Wildman–Crippen LogP) is 4.90. The van der Waals surface area contributed by atoms with Gasteiger partial charge in [-0.25, -0.2) is 9.79 Å². The van der Waals surface area contributed by atoms with Crippen LogP contribution in [0.5, 0.6) is 0 Å². The van der Waals surface area contributed by atoms with E-state index in [0.717, 1.165) is 22.3 Å². The third kappa shape index (κ3) is 3.17. The number of carbonyl (C=O) groups excluding carboxylic acids is 2. The maximum atomic E-state index is 14.1. The molecule has 6 nitrogen and oxygen atoms in total. The summed E-state index contributed by atoms with van der Waals surface area (Å²) < 4.78 is 5.94. The Morgan fingerprint density at radius 2 is 1.56 bits per heavy atom. The summed E-state index contributed by atoms with van der Waals surface area (Å²) in [6.45, 7) is 5.72. The van der Waals surface area contributed by atoms with Crippen LogP contribution in [0.3, 0.4) is 0 Å². The first kappa shape index (κ1) is 22.4. The first-order valence-corrected chi connectivity index (χ1v) is 12.2. The maximum Gasteiger partial charge on any atom is 0.344 e. The number of aliphatic imine (C=N–C) groups is 1. The number of nitrogens with zero attached hydrogens (tertiary/aromatic N) is 3. The van der Waals surface area contributed by atoms with Gasteiger partial charge in [0.05, 0.1) is 12.1 Å². The molecule has 0 bridgehead atoms. The highest BCUT2D eigenvalue weighted by molar-refractivity contribution is 6.10. The average molecular weight is 478 g/mol. The van der Waals surface area contributed by atoms with Gasteiger partial charge in [-0.3, -0.25) is 9.80 Å². The van der Waals surface area contributed by atoms with Gasteiger partial charge in [0.2, 0.25) is 5.90 Å². The second-order valence-corrected chi connectivity index (χ2v) is 10.6. The van der Waals surface area contributed by atoms with Gasteiger partial charge in [0, 0.05) is 11.0 Å². The quantitative estimate of drug-likeness (QED) is 0.503. The predicted molar refractivity (Wildman–Crippen MR) is 138 cm³/mol. The van der Waals surface area contributed by atoms with Crippen molar-refractivity contribution in [3.05, 3.63) is 107 Å². The topological polar surface area (TPSA) is 71.3 Å². The minimum Gasteiger partial charge on any atom is -0.405 e. The van der Waals surface area contributed by atoms with E-state index in [4.69, 9.17) is 14.8 Å². The lowest BCUT2D eigenvalue weighted by Gasteiger charge is -2.35. The number of hydrazone groups is 1. The second-order valence-electron chi connectivity index (χ2n) is 10.6. The van der Waals surface area contributed by atoms with Gasteiger partial charge < -0.3 is 4.74 Å². The van der Waals surface area contributed by atoms with Crippen LogP contribution in [0.2, 0.25) is 0 Å². The summed E-state index contributed by atoms with van der Waals surface area (Å²) in [6, 6.07) is 25.7. The maximum absolute atomic E-state index is 14.1. The zero-order chi connectivity index (χ0) is 25.1. The fourth-order valence-corrected chi connectivity index (χ4v) is 5.74. The summed E-state index contributed by atoms with van der Waals surface area (Å²) in [7, 11) is 0. The average Bonchev–Trinajstić information content (AvgIpc) is 3.39. The van der Waals surface area contributed by atoms with Crippen molar-refractivity contribution in [1.82, 2.24) is 5.01 Å². The molecule has 180 valence electrons. The van der Waals surface area contributed by atoms with Gasteiger partial charge in [0.25, 0.3) is 0 Å². The highest BCUT2D eigenvalue weighted by Crippen LogP contribution is 2.59. The van der Waals surface area contributed by atoms with Crippen molar-refractivity contribution >= 4 is 23.9 Å². The molecule has 4 atom stereocenters. The number of esters is 1. The lowest BCUT2D eigenvalue weighted by molar-refractivity contribution is -0.140. The normalized spacial score (nSPS) is 26.4. The van der Waals surface area contributed by atoms with Gasteiger partial charge >= 0.3 is 5.97 Å². The Morgan fingerprint density at radius 1 is 0.917 bits per heavy atom. The fourth-order valence-electron chi connectivity index (χ4n) is 5.74. The summed E-state index contributed by atoms with van der Waals surface area (Å²) >= 11 is 0. The van der Waals surface area contributed by atoms with Gasteiger partial charge in [-0.1, -0.05) is 93.6 Å². The molecule has 3 heterocycles. The summed E-state index contributed by atoms with van der Waals surface area (Å²) in [5.41, 5.74) is 1.36. The first-order chi connectivity index (χ1) is 17.3. The third-order valence-corrected chi connectivity index (χ3v) is 7.37. The van der Waals surface area contributed by atoms with Crippen molar-refractivity contribution < 1.29 is 14.3 Å². The molecule has 0 amide bonds. The van der Waals surface area contributed by atoms with Crippen LogP contribution in [0.1, 0.15) is 55.0 Å². The second kappa shape index (κ2) is 7.98. The number of rotatable bonds is 3. The molecule has 6 heteroatoms. The number of benzene rings is 3. The van der Waals surface area contributed by atoms with Crippen LogP contribution in [0, 0.1) is 5.41 Å². The van der Waals surface area contributed by atoms with E-state index in [-0.39, 0.29) is 11.7 Å². The zero-order valence-electron chi connectivity index (χ0n) is 20.5. The lowest BCUT2D eigenvalue weighted by Crippen LogP contribution is -2.45. The fraction of sp³-hybridized carbons (Fsp3) is 0.267. The van der Waals surface area contributed by atoms with Crippen molar-refractivity contribution in [2.75, 3.05) is 0 Å². The molecule has 1 spiro atoms. The van der Waals surface area contributed by atoms with E-state index in [1.54, 1.807) is 6.21 Å². The van der Waals surface area contributed by atoms with Crippen LogP contribution in [-0.4, -0.2) is 40.5 Å². The third-order valence-electron chi connectivity index (χ3n) is 7.37. The Labute approximate surface area is 210 Å². The summed E-state index contributed by atoms with van der Waals surface area (Å²) in [5, 5.41) is 6.60. The Hall–Kier alpha value is -4.06. The molecule has 1 saturated heterocycles. The van der Waals surface area contributed by atoms with E-state index in [1.807, 2.05) is 111 Å². The Morgan fingerprint density at radius 3 is 2.25 bits per heavy atom. The molecule has 0 radical (unpaired) electrons. The summed E-state index contributed by atoms with van der Waals surface area (Å²) in [4.78, 5) is 33.3. The molecular weight excluding hydrogens is 450 g/mol. The van der Waals surface area contributed by atoms with Crippen molar-refractivity contribution in [2.45, 2.75) is 44.3 Å². The molecule has 3 aromatic carbocycles. The van der Waals surface area contributed by atoms with E-state index < -0.39 is 34.9 Å². The van der Waals surface area contributed by atoms with Gasteiger partial charge in [-0.2, -0.15) is 5.10 Å². The van der Waals surface area contributed by atoms with Crippen LogP contribution in [-0.2, 0) is 14.3 Å². The Kier molecular flexibility index (Phi) is 4.97. The molecule has 3 aromatic rings. The molecule has 3 aliphatic rings. The number of ketones is 1. The van der Waals surface area contributed by atoms with Crippen molar-refractivity contribution in [3.8, 4) is 0 Å². The van der Waals surface area contributed by atoms with E-state index in [9.17, 15) is 9.59 Å². The summed E-state index contributed by atoms with van der Waals surface area (Å²) in [5.74, 6) is -0.767. The Bertz CT molecular complexity index is 1410. The van der Waals surface area contributed by atoms with Gasteiger partial charge in [-0.15, -0.1) is 0 Å². The molecule has 0 N–H and O–H groups in total. The monoisotopic (exact) mass is 477 g/mol.